The van der Waals surface area contributed by atoms with Gasteiger partial charge in [-0.05, 0) is 25.0 Å². The lowest BCUT2D eigenvalue weighted by Crippen LogP contribution is -2.38. The average Bonchev–Trinajstić information content (AvgIpc) is 3.11. The number of para-hydroxylation sites is 2. The molecular weight excluding hydrogens is 264 g/mol. The van der Waals surface area contributed by atoms with Crippen LogP contribution in [0.2, 0.25) is 0 Å². The van der Waals surface area contributed by atoms with E-state index in [0.717, 1.165) is 36.2 Å². The average molecular weight is 286 g/mol. The lowest BCUT2D eigenvalue weighted by Gasteiger charge is -2.26. The van der Waals surface area contributed by atoms with Gasteiger partial charge in [-0.3, -0.25) is 4.79 Å². The Balaban J connectivity index is 1.97. The number of fused-ring (bicyclic) bond motifs is 1. The molecule has 2 N–H and O–H groups in total. The van der Waals surface area contributed by atoms with E-state index in [-0.39, 0.29) is 17.9 Å². The number of imidazole rings is 1. The summed E-state index contributed by atoms with van der Waals surface area (Å²) in [7, 11) is 2.03. The van der Waals surface area contributed by atoms with E-state index in [2.05, 4.69) is 10.6 Å². The van der Waals surface area contributed by atoms with Crippen molar-refractivity contribution in [3.8, 4) is 0 Å². The van der Waals surface area contributed by atoms with Crippen LogP contribution in [0.3, 0.4) is 0 Å². The predicted molar refractivity (Wildman–Crippen MR) is 82.6 cm³/mol. The maximum atomic E-state index is 12.5. The molecule has 1 fully saturated rings. The highest BCUT2D eigenvalue weighted by Crippen LogP contribution is 2.33. The van der Waals surface area contributed by atoms with Gasteiger partial charge in [0.15, 0.2) is 0 Å². The first kappa shape index (κ1) is 14.1. The summed E-state index contributed by atoms with van der Waals surface area (Å²) in [6.07, 6.45) is 2.00. The van der Waals surface area contributed by atoms with Crippen molar-refractivity contribution in [1.29, 1.82) is 0 Å². The molecule has 0 radical (unpaired) electrons. The number of carbonyl (C=O) groups excluding carboxylic acids is 1. The third-order valence-corrected chi connectivity index (χ3v) is 4.43. The summed E-state index contributed by atoms with van der Waals surface area (Å²) in [6.45, 7) is 3.09. The molecule has 2 unspecified atom stereocenters. The van der Waals surface area contributed by atoms with Gasteiger partial charge in [0, 0.05) is 26.1 Å². The maximum absolute atomic E-state index is 12.5. The van der Waals surface area contributed by atoms with E-state index < -0.39 is 0 Å². The largest absolute Gasteiger partial charge is 0.332 e. The standard InChI is InChI=1S/C16H22N4O/c1-11(10-17)16(21)20-9-5-8-14(20)15-18-12-6-3-4-7-13(12)19(15)2/h3-4,6-7,11,14H,5,8-10,17H2,1-2H3. The second-order valence-corrected chi connectivity index (χ2v) is 5.84. The second kappa shape index (κ2) is 5.48. The molecular formula is C16H22N4O. The van der Waals surface area contributed by atoms with Gasteiger partial charge in [0.1, 0.15) is 5.82 Å². The molecule has 0 saturated carbocycles. The number of amides is 1. The number of aryl methyl sites for hydroxylation is 1. The highest BCUT2D eigenvalue weighted by Gasteiger charge is 2.34. The van der Waals surface area contributed by atoms with Crippen molar-refractivity contribution in [3.05, 3.63) is 30.1 Å². The number of nitrogens with zero attached hydrogens (tertiary/aromatic N) is 3. The van der Waals surface area contributed by atoms with E-state index >= 15 is 0 Å². The van der Waals surface area contributed by atoms with Crippen LogP contribution in [0.5, 0.6) is 0 Å². The molecule has 0 aliphatic carbocycles. The minimum atomic E-state index is -0.125. The van der Waals surface area contributed by atoms with Gasteiger partial charge in [0.05, 0.1) is 17.1 Å². The molecule has 2 atom stereocenters. The Labute approximate surface area is 124 Å². The van der Waals surface area contributed by atoms with Crippen LogP contribution in [0.4, 0.5) is 0 Å². The van der Waals surface area contributed by atoms with Crippen molar-refractivity contribution in [2.24, 2.45) is 18.7 Å². The lowest BCUT2D eigenvalue weighted by molar-refractivity contribution is -0.135. The van der Waals surface area contributed by atoms with Crippen LogP contribution in [0.25, 0.3) is 11.0 Å². The molecule has 5 nitrogen and oxygen atoms in total. The van der Waals surface area contributed by atoms with Crippen LogP contribution in [0.15, 0.2) is 24.3 Å². The molecule has 21 heavy (non-hydrogen) atoms. The van der Waals surface area contributed by atoms with E-state index in [4.69, 9.17) is 10.7 Å². The second-order valence-electron chi connectivity index (χ2n) is 5.84. The summed E-state index contributed by atoms with van der Waals surface area (Å²) in [5, 5.41) is 0. The Hall–Kier alpha value is -1.88. The molecule has 1 aliphatic heterocycles. The van der Waals surface area contributed by atoms with Crippen LogP contribution in [-0.4, -0.2) is 33.4 Å². The van der Waals surface area contributed by atoms with Crippen LogP contribution in [-0.2, 0) is 11.8 Å². The fourth-order valence-corrected chi connectivity index (χ4v) is 3.15. The molecule has 2 aromatic rings. The van der Waals surface area contributed by atoms with Crippen molar-refractivity contribution >= 4 is 16.9 Å². The van der Waals surface area contributed by atoms with E-state index in [1.807, 2.05) is 37.1 Å². The number of nitrogens with two attached hydrogens (primary N) is 1. The maximum Gasteiger partial charge on any atom is 0.227 e. The summed E-state index contributed by atoms with van der Waals surface area (Å²) in [5.41, 5.74) is 7.74. The molecule has 0 spiro atoms. The van der Waals surface area contributed by atoms with E-state index in [9.17, 15) is 4.79 Å². The van der Waals surface area contributed by atoms with Crippen LogP contribution < -0.4 is 5.73 Å². The Bertz CT molecular complexity index is 663. The summed E-state index contributed by atoms with van der Waals surface area (Å²) >= 11 is 0. The molecule has 1 aliphatic rings. The number of benzene rings is 1. The van der Waals surface area contributed by atoms with Gasteiger partial charge in [-0.15, -0.1) is 0 Å². The molecule has 2 heterocycles. The van der Waals surface area contributed by atoms with Gasteiger partial charge >= 0.3 is 0 Å². The molecule has 1 aromatic heterocycles. The monoisotopic (exact) mass is 286 g/mol. The smallest absolute Gasteiger partial charge is 0.227 e. The highest BCUT2D eigenvalue weighted by atomic mass is 16.2. The first-order valence-corrected chi connectivity index (χ1v) is 7.55. The Morgan fingerprint density at radius 3 is 2.95 bits per heavy atom. The Morgan fingerprint density at radius 2 is 2.24 bits per heavy atom. The lowest BCUT2D eigenvalue weighted by atomic mass is 10.1. The highest BCUT2D eigenvalue weighted by molar-refractivity contribution is 5.80. The molecule has 5 heteroatoms. The Morgan fingerprint density at radius 1 is 1.48 bits per heavy atom. The quantitative estimate of drug-likeness (QED) is 0.936. The molecule has 1 saturated heterocycles. The van der Waals surface area contributed by atoms with Gasteiger partial charge in [0.25, 0.3) is 0 Å². The van der Waals surface area contributed by atoms with E-state index in [0.29, 0.717) is 6.54 Å². The third-order valence-electron chi connectivity index (χ3n) is 4.43. The van der Waals surface area contributed by atoms with Gasteiger partial charge < -0.3 is 15.2 Å². The molecule has 112 valence electrons. The predicted octanol–water partition coefficient (Wildman–Crippen LogP) is 1.83. The van der Waals surface area contributed by atoms with E-state index in [1.54, 1.807) is 0 Å². The SMILES string of the molecule is CC(CN)C(=O)N1CCCC1c1nc2ccccc2n1C. The Kier molecular flexibility index (Phi) is 3.68. The van der Waals surface area contributed by atoms with Gasteiger partial charge in [-0.25, -0.2) is 4.98 Å². The number of aromatic nitrogens is 2. The zero-order chi connectivity index (χ0) is 15.0. The normalized spacial score (nSPS) is 20.1. The topological polar surface area (TPSA) is 64.2 Å². The molecule has 0 bridgehead atoms. The van der Waals surface area contributed by atoms with Gasteiger partial charge in [0.2, 0.25) is 5.91 Å². The number of likely N-dealkylation sites (tertiary alicyclic amines) is 1. The first-order chi connectivity index (χ1) is 10.1. The number of carbonyl (C=O) groups is 1. The summed E-state index contributed by atoms with van der Waals surface area (Å²) in [5.74, 6) is 0.999. The number of hydrogen-bond acceptors (Lipinski definition) is 3. The molecule has 1 aromatic carbocycles. The number of rotatable bonds is 3. The van der Waals surface area contributed by atoms with Crippen LogP contribution >= 0.6 is 0 Å². The molecule has 3 rings (SSSR count). The minimum Gasteiger partial charge on any atom is -0.332 e. The van der Waals surface area contributed by atoms with E-state index in [1.165, 1.54) is 0 Å². The summed E-state index contributed by atoms with van der Waals surface area (Å²) < 4.78 is 2.11. The zero-order valence-electron chi connectivity index (χ0n) is 12.6. The van der Waals surface area contributed by atoms with Crippen molar-refractivity contribution in [2.45, 2.75) is 25.8 Å². The van der Waals surface area contributed by atoms with Gasteiger partial charge in [-0.1, -0.05) is 19.1 Å². The zero-order valence-corrected chi connectivity index (χ0v) is 12.6. The van der Waals surface area contributed by atoms with Crippen molar-refractivity contribution in [2.75, 3.05) is 13.1 Å². The first-order valence-electron chi connectivity index (χ1n) is 7.55. The van der Waals surface area contributed by atoms with Crippen molar-refractivity contribution in [1.82, 2.24) is 14.5 Å². The van der Waals surface area contributed by atoms with Crippen molar-refractivity contribution < 1.29 is 4.79 Å². The fraction of sp³-hybridized carbons (Fsp3) is 0.500. The summed E-state index contributed by atoms with van der Waals surface area (Å²) in [4.78, 5) is 19.2. The molecule has 1 amide bonds. The van der Waals surface area contributed by atoms with Crippen molar-refractivity contribution in [3.63, 3.8) is 0 Å². The fourth-order valence-electron chi connectivity index (χ4n) is 3.15. The number of hydrogen-bond donors (Lipinski definition) is 1. The third kappa shape index (κ3) is 2.31. The van der Waals surface area contributed by atoms with Crippen LogP contribution in [0, 0.1) is 5.92 Å². The summed E-state index contributed by atoms with van der Waals surface area (Å²) in [6, 6.07) is 8.16. The van der Waals surface area contributed by atoms with Gasteiger partial charge in [-0.2, -0.15) is 0 Å². The van der Waals surface area contributed by atoms with Crippen LogP contribution in [0.1, 0.15) is 31.6 Å². The minimum absolute atomic E-state index is 0.0731.